The Bertz CT molecular complexity index is 663. The molecule has 2 heterocycles. The number of benzene rings is 1. The average molecular weight is 384 g/mol. The minimum atomic E-state index is -4.38. The van der Waals surface area contributed by atoms with E-state index in [1.54, 1.807) is 28.9 Å². The van der Waals surface area contributed by atoms with Crippen molar-refractivity contribution in [1.82, 2.24) is 14.7 Å². The van der Waals surface area contributed by atoms with E-state index in [0.29, 0.717) is 38.3 Å². The molecule has 0 atom stereocenters. The predicted octanol–water partition coefficient (Wildman–Crippen LogP) is 1.91. The van der Waals surface area contributed by atoms with Gasteiger partial charge in [-0.15, -0.1) is 0 Å². The molecule has 0 aliphatic carbocycles. The van der Waals surface area contributed by atoms with Crippen LogP contribution in [0.25, 0.3) is 0 Å². The topological polar surface area (TPSA) is 30.0 Å². The standard InChI is InChI=1S/C19H27F3N4O/c1-15-3-4-17(16(13-15)19(20,21)22)25-9-11-26(12-10-25)18(27)14-24-7-5-23(2)6-8-24/h3-4,13H,5-12,14H2,1-2H3. The normalized spacial score (nSPS) is 20.2. The van der Waals surface area contributed by atoms with E-state index in [-0.39, 0.29) is 11.6 Å². The number of anilines is 1. The van der Waals surface area contributed by atoms with Gasteiger partial charge in [0.2, 0.25) is 5.91 Å². The number of carbonyl (C=O) groups is 1. The molecule has 1 amide bonds. The fourth-order valence-electron chi connectivity index (χ4n) is 3.65. The Labute approximate surface area is 158 Å². The van der Waals surface area contributed by atoms with Crippen LogP contribution in [0.1, 0.15) is 11.1 Å². The van der Waals surface area contributed by atoms with Crippen LogP contribution in [0, 0.1) is 6.92 Å². The molecule has 0 spiro atoms. The molecule has 2 fully saturated rings. The van der Waals surface area contributed by atoms with Crippen molar-refractivity contribution >= 4 is 11.6 Å². The number of carbonyl (C=O) groups excluding carboxylic acids is 1. The Morgan fingerprint density at radius 2 is 1.63 bits per heavy atom. The summed E-state index contributed by atoms with van der Waals surface area (Å²) in [5.74, 6) is 0.0687. The minimum absolute atomic E-state index is 0.0687. The van der Waals surface area contributed by atoms with Gasteiger partial charge in [-0.05, 0) is 26.1 Å². The van der Waals surface area contributed by atoms with Crippen molar-refractivity contribution in [3.05, 3.63) is 29.3 Å². The third-order valence-corrected chi connectivity index (χ3v) is 5.39. The van der Waals surface area contributed by atoms with Crippen molar-refractivity contribution in [3.63, 3.8) is 0 Å². The van der Waals surface area contributed by atoms with Gasteiger partial charge in [0.05, 0.1) is 12.1 Å². The van der Waals surface area contributed by atoms with Gasteiger partial charge in [-0.2, -0.15) is 13.2 Å². The van der Waals surface area contributed by atoms with Gasteiger partial charge in [-0.1, -0.05) is 11.6 Å². The molecule has 1 aromatic rings. The van der Waals surface area contributed by atoms with Crippen molar-refractivity contribution in [3.8, 4) is 0 Å². The van der Waals surface area contributed by atoms with Gasteiger partial charge in [0.15, 0.2) is 0 Å². The minimum Gasteiger partial charge on any atom is -0.367 e. The fraction of sp³-hybridized carbons (Fsp3) is 0.632. The second-order valence-electron chi connectivity index (χ2n) is 7.47. The van der Waals surface area contributed by atoms with E-state index in [1.807, 2.05) is 0 Å². The molecule has 0 N–H and O–H groups in total. The lowest BCUT2D eigenvalue weighted by Gasteiger charge is -2.39. The van der Waals surface area contributed by atoms with Crippen LogP contribution in [0.5, 0.6) is 0 Å². The maximum absolute atomic E-state index is 13.4. The van der Waals surface area contributed by atoms with Gasteiger partial charge in [0.25, 0.3) is 0 Å². The van der Waals surface area contributed by atoms with E-state index in [2.05, 4.69) is 16.8 Å². The van der Waals surface area contributed by atoms with Crippen LogP contribution in [0.15, 0.2) is 18.2 Å². The molecule has 27 heavy (non-hydrogen) atoms. The van der Waals surface area contributed by atoms with E-state index in [0.717, 1.165) is 26.2 Å². The number of likely N-dealkylation sites (N-methyl/N-ethyl adjacent to an activating group) is 1. The maximum atomic E-state index is 13.4. The van der Waals surface area contributed by atoms with Crippen LogP contribution in [-0.2, 0) is 11.0 Å². The molecular formula is C19H27F3N4O. The molecular weight excluding hydrogens is 357 g/mol. The summed E-state index contributed by atoms with van der Waals surface area (Å²) in [6.07, 6.45) is -4.38. The number of rotatable bonds is 3. The Morgan fingerprint density at radius 3 is 2.22 bits per heavy atom. The first-order chi connectivity index (χ1) is 12.7. The largest absolute Gasteiger partial charge is 0.418 e. The summed E-state index contributed by atoms with van der Waals surface area (Å²) in [6.45, 7) is 7.46. The van der Waals surface area contributed by atoms with Crippen LogP contribution >= 0.6 is 0 Å². The zero-order valence-corrected chi connectivity index (χ0v) is 15.9. The second-order valence-corrected chi connectivity index (χ2v) is 7.47. The molecule has 2 saturated heterocycles. The maximum Gasteiger partial charge on any atom is 0.418 e. The number of alkyl halides is 3. The molecule has 0 aromatic heterocycles. The lowest BCUT2D eigenvalue weighted by Crippen LogP contribution is -2.53. The van der Waals surface area contributed by atoms with Crippen molar-refractivity contribution < 1.29 is 18.0 Å². The van der Waals surface area contributed by atoms with Gasteiger partial charge in [0, 0.05) is 58.0 Å². The van der Waals surface area contributed by atoms with E-state index in [1.165, 1.54) is 6.07 Å². The van der Waals surface area contributed by atoms with Crippen LogP contribution < -0.4 is 4.90 Å². The zero-order valence-electron chi connectivity index (χ0n) is 15.9. The molecule has 2 aliphatic rings. The quantitative estimate of drug-likeness (QED) is 0.797. The van der Waals surface area contributed by atoms with Crippen molar-refractivity contribution in [2.75, 3.05) is 70.9 Å². The first-order valence-corrected chi connectivity index (χ1v) is 9.35. The van der Waals surface area contributed by atoms with Gasteiger partial charge < -0.3 is 14.7 Å². The third kappa shape index (κ3) is 4.93. The second kappa shape index (κ2) is 8.06. The van der Waals surface area contributed by atoms with Crippen LogP contribution in [-0.4, -0.2) is 86.6 Å². The first-order valence-electron chi connectivity index (χ1n) is 9.35. The van der Waals surface area contributed by atoms with E-state index in [4.69, 9.17) is 0 Å². The molecule has 0 bridgehead atoms. The highest BCUT2D eigenvalue weighted by atomic mass is 19.4. The molecule has 5 nitrogen and oxygen atoms in total. The summed E-state index contributed by atoms with van der Waals surface area (Å²) in [6, 6.07) is 4.44. The van der Waals surface area contributed by atoms with Crippen LogP contribution in [0.2, 0.25) is 0 Å². The number of nitrogens with zero attached hydrogens (tertiary/aromatic N) is 4. The summed E-state index contributed by atoms with van der Waals surface area (Å²) in [5.41, 5.74) is 0.200. The summed E-state index contributed by atoms with van der Waals surface area (Å²) >= 11 is 0. The molecule has 150 valence electrons. The monoisotopic (exact) mass is 384 g/mol. The van der Waals surface area contributed by atoms with E-state index < -0.39 is 11.7 Å². The van der Waals surface area contributed by atoms with E-state index >= 15 is 0 Å². The summed E-state index contributed by atoms with van der Waals surface area (Å²) in [4.78, 5) is 20.4. The fourth-order valence-corrected chi connectivity index (χ4v) is 3.65. The number of halogens is 3. The number of hydrogen-bond donors (Lipinski definition) is 0. The Balaban J connectivity index is 1.58. The van der Waals surface area contributed by atoms with Gasteiger partial charge >= 0.3 is 6.18 Å². The van der Waals surface area contributed by atoms with Crippen molar-refractivity contribution in [2.24, 2.45) is 0 Å². The van der Waals surface area contributed by atoms with Gasteiger partial charge in [-0.3, -0.25) is 9.69 Å². The first kappa shape index (κ1) is 19.9. The van der Waals surface area contributed by atoms with Crippen molar-refractivity contribution in [2.45, 2.75) is 13.1 Å². The van der Waals surface area contributed by atoms with Gasteiger partial charge in [-0.25, -0.2) is 0 Å². The Kier molecular flexibility index (Phi) is 5.95. The molecule has 0 unspecified atom stereocenters. The summed E-state index contributed by atoms with van der Waals surface area (Å²) in [7, 11) is 2.07. The SMILES string of the molecule is Cc1ccc(N2CCN(C(=O)CN3CCN(C)CC3)CC2)c(C(F)(F)F)c1. The Morgan fingerprint density at radius 1 is 1.00 bits per heavy atom. The van der Waals surface area contributed by atoms with Crippen molar-refractivity contribution in [1.29, 1.82) is 0 Å². The Hall–Kier alpha value is -1.80. The average Bonchev–Trinajstić information content (AvgIpc) is 2.63. The lowest BCUT2D eigenvalue weighted by molar-refractivity contribution is -0.137. The molecule has 2 aliphatic heterocycles. The highest BCUT2D eigenvalue weighted by Crippen LogP contribution is 2.37. The smallest absolute Gasteiger partial charge is 0.367 e. The highest BCUT2D eigenvalue weighted by Gasteiger charge is 2.36. The van der Waals surface area contributed by atoms with Gasteiger partial charge in [0.1, 0.15) is 0 Å². The zero-order chi connectivity index (χ0) is 19.6. The van der Waals surface area contributed by atoms with Crippen LogP contribution in [0.4, 0.5) is 18.9 Å². The van der Waals surface area contributed by atoms with Crippen LogP contribution in [0.3, 0.4) is 0 Å². The predicted molar refractivity (Wildman–Crippen MR) is 98.9 cm³/mol. The number of aryl methyl sites for hydroxylation is 1. The molecule has 0 radical (unpaired) electrons. The summed E-state index contributed by atoms with van der Waals surface area (Å²) < 4.78 is 40.1. The molecule has 1 aromatic carbocycles. The number of piperazine rings is 2. The lowest BCUT2D eigenvalue weighted by atomic mass is 10.1. The summed E-state index contributed by atoms with van der Waals surface area (Å²) in [5, 5.41) is 0. The highest BCUT2D eigenvalue weighted by molar-refractivity contribution is 5.78. The van der Waals surface area contributed by atoms with E-state index in [9.17, 15) is 18.0 Å². The molecule has 0 saturated carbocycles. The molecule has 8 heteroatoms. The third-order valence-electron chi connectivity index (χ3n) is 5.39. The number of amides is 1. The number of hydrogen-bond acceptors (Lipinski definition) is 4. The molecule has 3 rings (SSSR count).